The predicted molar refractivity (Wildman–Crippen MR) is 104 cm³/mol. The number of sulfone groups is 1. The highest BCUT2D eigenvalue weighted by atomic mass is 32.2. The van der Waals surface area contributed by atoms with Crippen molar-refractivity contribution in [1.82, 2.24) is 9.88 Å². The van der Waals surface area contributed by atoms with Crippen LogP contribution in [0, 0.1) is 0 Å². The van der Waals surface area contributed by atoms with Gasteiger partial charge in [-0.15, -0.1) is 0 Å². The highest BCUT2D eigenvalue weighted by Crippen LogP contribution is 2.40. The number of anilines is 1. The lowest BCUT2D eigenvalue weighted by Gasteiger charge is -2.40. The van der Waals surface area contributed by atoms with Crippen LogP contribution in [0.15, 0.2) is 53.7 Å². The van der Waals surface area contributed by atoms with Crippen molar-refractivity contribution in [3.63, 3.8) is 0 Å². The largest absolute Gasteiger partial charge is 0.416 e. The number of piperidine rings is 1. The van der Waals surface area contributed by atoms with Gasteiger partial charge in [0.25, 0.3) is 0 Å². The number of rotatable bonds is 5. The van der Waals surface area contributed by atoms with Crippen LogP contribution in [0.4, 0.5) is 18.9 Å². The van der Waals surface area contributed by atoms with Gasteiger partial charge in [-0.3, -0.25) is 10.1 Å². The Hall–Kier alpha value is -2.17. The average molecular weight is 441 g/mol. The van der Waals surface area contributed by atoms with Gasteiger partial charge in [0.1, 0.15) is 0 Å². The summed E-state index contributed by atoms with van der Waals surface area (Å²) in [6.07, 6.45) is -0.449. The van der Waals surface area contributed by atoms with E-state index in [0.717, 1.165) is 30.0 Å². The van der Waals surface area contributed by atoms with Crippen molar-refractivity contribution in [2.45, 2.75) is 54.2 Å². The lowest BCUT2D eigenvalue weighted by Crippen LogP contribution is -2.50. The van der Waals surface area contributed by atoms with Crippen molar-refractivity contribution in [3.8, 4) is 0 Å². The van der Waals surface area contributed by atoms with E-state index in [0.29, 0.717) is 12.8 Å². The number of alkyl halides is 3. The van der Waals surface area contributed by atoms with Gasteiger partial charge in [-0.25, -0.2) is 18.5 Å². The van der Waals surface area contributed by atoms with Gasteiger partial charge in [0.2, 0.25) is 0 Å². The number of pyridine rings is 1. The van der Waals surface area contributed by atoms with E-state index < -0.39 is 26.8 Å². The Morgan fingerprint density at radius 1 is 1.07 bits per heavy atom. The number of benzene rings is 1. The molecule has 2 saturated heterocycles. The highest BCUT2D eigenvalue weighted by Gasteiger charge is 2.46. The molecule has 3 heterocycles. The molecule has 0 saturated carbocycles. The first-order valence-corrected chi connectivity index (χ1v) is 11.3. The van der Waals surface area contributed by atoms with Crippen LogP contribution in [0.3, 0.4) is 0 Å². The van der Waals surface area contributed by atoms with Crippen LogP contribution in [0.1, 0.15) is 31.2 Å². The lowest BCUT2D eigenvalue weighted by molar-refractivity contribution is -0.137. The molecule has 4 rings (SSSR count). The van der Waals surface area contributed by atoms with E-state index in [2.05, 4.69) is 4.98 Å². The first-order chi connectivity index (χ1) is 14.2. The molecular weight excluding hydrogens is 419 g/mol. The minimum atomic E-state index is -4.43. The molecule has 30 heavy (non-hydrogen) atoms. The predicted octanol–water partition coefficient (Wildman–Crippen LogP) is 3.72. The normalized spacial score (nSPS) is 24.7. The summed E-state index contributed by atoms with van der Waals surface area (Å²) in [7, 11) is -3.53. The minimum absolute atomic E-state index is 0.0173. The zero-order chi connectivity index (χ0) is 21.5. The summed E-state index contributed by atoms with van der Waals surface area (Å²) < 4.78 is 64.0. The van der Waals surface area contributed by atoms with Crippen LogP contribution in [0.25, 0.3) is 0 Å². The molecule has 0 spiro atoms. The van der Waals surface area contributed by atoms with Crippen LogP contribution in [-0.4, -0.2) is 47.5 Å². The van der Waals surface area contributed by atoms with Crippen molar-refractivity contribution < 1.29 is 26.8 Å². The second-order valence-electron chi connectivity index (χ2n) is 7.79. The second-order valence-corrected chi connectivity index (χ2v) is 9.97. The molecule has 3 atom stereocenters. The zero-order valence-corrected chi connectivity index (χ0v) is 16.9. The molecule has 0 radical (unpaired) electrons. The number of aromatic nitrogens is 1. The molecule has 162 valence electrons. The summed E-state index contributed by atoms with van der Waals surface area (Å²) in [6, 6.07) is 9.10. The molecule has 1 aromatic carbocycles. The van der Waals surface area contributed by atoms with Crippen molar-refractivity contribution in [2.75, 3.05) is 11.7 Å². The van der Waals surface area contributed by atoms with Gasteiger partial charge in [-0.1, -0.05) is 6.07 Å². The third-order valence-electron chi connectivity index (χ3n) is 6.00. The van der Waals surface area contributed by atoms with Gasteiger partial charge in [0.05, 0.1) is 23.2 Å². The molecule has 2 bridgehead atoms. The number of nitrogens with zero attached hydrogens (tertiary/aromatic N) is 3. The van der Waals surface area contributed by atoms with E-state index >= 15 is 0 Å². The lowest BCUT2D eigenvalue weighted by atomic mass is 10.0. The summed E-state index contributed by atoms with van der Waals surface area (Å²) in [5.74, 6) is 0. The Labute approximate surface area is 172 Å². The molecular formula is C20H22F3N3O3S. The standard InChI is InChI=1S/C20H22F3N3O3S/c21-20(22,23)14-4-6-15(7-5-14)26(27)13-25-16-8-9-17(25)12-18(11-16)30(28,29)19-3-1-2-10-24-19/h1-7,10,16-18,27H,8-9,11-13H2/t16-,17?,18?/m1/s1. The summed E-state index contributed by atoms with van der Waals surface area (Å²) in [5.41, 5.74) is -0.522. The van der Waals surface area contributed by atoms with E-state index in [1.807, 2.05) is 4.90 Å². The maximum absolute atomic E-state index is 12.9. The van der Waals surface area contributed by atoms with Crippen LogP contribution in [-0.2, 0) is 16.0 Å². The van der Waals surface area contributed by atoms with Gasteiger partial charge in [-0.05, 0) is 62.1 Å². The van der Waals surface area contributed by atoms with E-state index in [9.17, 15) is 26.8 Å². The number of hydrogen-bond acceptors (Lipinski definition) is 6. The van der Waals surface area contributed by atoms with E-state index in [-0.39, 0.29) is 29.5 Å². The Balaban J connectivity index is 1.44. The molecule has 2 aliphatic rings. The van der Waals surface area contributed by atoms with Crippen LogP contribution in [0.2, 0.25) is 0 Å². The Morgan fingerprint density at radius 3 is 2.23 bits per heavy atom. The first kappa shape index (κ1) is 21.1. The second kappa shape index (κ2) is 7.82. The quantitative estimate of drug-likeness (QED) is 0.713. The highest BCUT2D eigenvalue weighted by molar-refractivity contribution is 7.92. The third kappa shape index (κ3) is 4.03. The molecule has 2 unspecified atom stereocenters. The molecule has 1 aromatic heterocycles. The van der Waals surface area contributed by atoms with Crippen LogP contribution in [0.5, 0.6) is 0 Å². The Morgan fingerprint density at radius 2 is 1.70 bits per heavy atom. The minimum Gasteiger partial charge on any atom is -0.287 e. The SMILES string of the molecule is O=S(=O)(c1ccccn1)C1CC2CC[C@H](C1)N2CN(O)c1ccc(C(F)(F)F)cc1. The fourth-order valence-electron chi connectivity index (χ4n) is 4.45. The van der Waals surface area contributed by atoms with E-state index in [4.69, 9.17) is 0 Å². The maximum atomic E-state index is 12.9. The smallest absolute Gasteiger partial charge is 0.287 e. The molecule has 0 aliphatic carbocycles. The van der Waals surface area contributed by atoms with Gasteiger partial charge in [-0.2, -0.15) is 13.2 Å². The molecule has 0 amide bonds. The molecule has 1 N–H and O–H groups in total. The maximum Gasteiger partial charge on any atom is 0.416 e. The fraction of sp³-hybridized carbons (Fsp3) is 0.450. The Bertz CT molecular complexity index is 970. The van der Waals surface area contributed by atoms with E-state index in [1.165, 1.54) is 24.4 Å². The molecule has 2 fully saturated rings. The molecule has 6 nitrogen and oxygen atoms in total. The average Bonchev–Trinajstić information content (AvgIpc) is 2.95. The van der Waals surface area contributed by atoms with Crippen LogP contribution >= 0.6 is 0 Å². The zero-order valence-electron chi connectivity index (χ0n) is 16.0. The number of hydrogen-bond donors (Lipinski definition) is 1. The monoisotopic (exact) mass is 441 g/mol. The van der Waals surface area contributed by atoms with Crippen molar-refractivity contribution in [2.24, 2.45) is 0 Å². The third-order valence-corrected chi connectivity index (χ3v) is 8.09. The topological polar surface area (TPSA) is 73.7 Å². The van der Waals surface area contributed by atoms with Crippen molar-refractivity contribution in [1.29, 1.82) is 0 Å². The van der Waals surface area contributed by atoms with Gasteiger partial charge < -0.3 is 0 Å². The van der Waals surface area contributed by atoms with Gasteiger partial charge in [0.15, 0.2) is 14.9 Å². The van der Waals surface area contributed by atoms with Crippen molar-refractivity contribution in [3.05, 3.63) is 54.2 Å². The number of halogens is 3. The van der Waals surface area contributed by atoms with Crippen LogP contribution < -0.4 is 5.06 Å². The van der Waals surface area contributed by atoms with Gasteiger partial charge >= 0.3 is 6.18 Å². The van der Waals surface area contributed by atoms with Gasteiger partial charge in [0, 0.05) is 18.3 Å². The molecule has 10 heteroatoms. The fourth-order valence-corrected chi connectivity index (χ4v) is 6.22. The first-order valence-electron chi connectivity index (χ1n) is 9.70. The molecule has 2 aromatic rings. The number of hydroxylamine groups is 1. The Kier molecular flexibility index (Phi) is 5.50. The molecule has 2 aliphatic heterocycles. The van der Waals surface area contributed by atoms with Crippen molar-refractivity contribution >= 4 is 15.5 Å². The van der Waals surface area contributed by atoms with E-state index in [1.54, 1.807) is 12.1 Å². The summed E-state index contributed by atoms with van der Waals surface area (Å²) in [6.45, 7) is 0.108. The number of fused-ring (bicyclic) bond motifs is 2. The summed E-state index contributed by atoms with van der Waals surface area (Å²) in [5, 5.41) is 10.9. The summed E-state index contributed by atoms with van der Waals surface area (Å²) >= 11 is 0. The summed E-state index contributed by atoms with van der Waals surface area (Å²) in [4.78, 5) is 6.04.